The molecule has 6 rings (SSSR count). The Hall–Kier alpha value is -2.84. The van der Waals surface area contributed by atoms with E-state index < -0.39 is 0 Å². The van der Waals surface area contributed by atoms with Crippen molar-refractivity contribution in [3.63, 3.8) is 0 Å². The van der Waals surface area contributed by atoms with Gasteiger partial charge in [0.05, 0.1) is 14.2 Å². The first kappa shape index (κ1) is 48.3. The Morgan fingerprint density at radius 3 is 0.945 bits per heavy atom. The monoisotopic (exact) mass is 854 g/mol. The van der Waals surface area contributed by atoms with Gasteiger partial charge in [-0.25, -0.2) is 0 Å². The Bertz CT molecular complexity index is 1990. The molecule has 0 fully saturated rings. The molecule has 292 valence electrons. The van der Waals surface area contributed by atoms with Crippen LogP contribution in [0.5, 0.6) is 11.5 Å². The summed E-state index contributed by atoms with van der Waals surface area (Å²) in [7, 11) is 3.58. The molecule has 0 aliphatic heterocycles. The Balaban J connectivity index is 0.000000360. The van der Waals surface area contributed by atoms with Crippen LogP contribution in [0, 0.1) is 13.8 Å². The Morgan fingerprint density at radius 2 is 0.709 bits per heavy atom. The minimum Gasteiger partial charge on any atom is -1.00 e. The average molecular weight is 857 g/mol. The van der Waals surface area contributed by atoms with Crippen LogP contribution < -0.4 is 34.3 Å². The summed E-state index contributed by atoms with van der Waals surface area (Å²) in [5.41, 5.74) is 12.9. The fourth-order valence-corrected chi connectivity index (χ4v) is 7.51. The van der Waals surface area contributed by atoms with Gasteiger partial charge in [0.15, 0.2) is 0 Å². The topological polar surface area (TPSA) is 18.5 Å². The molecular formula is C50H62Cl2O2Zr. The first-order chi connectivity index (χ1) is 24.0. The Labute approximate surface area is 364 Å². The zero-order valence-corrected chi connectivity index (χ0v) is 40.1. The van der Waals surface area contributed by atoms with Crippen molar-refractivity contribution in [2.75, 3.05) is 14.2 Å². The van der Waals surface area contributed by atoms with E-state index >= 15 is 0 Å². The van der Waals surface area contributed by atoms with Crippen LogP contribution >= 0.6 is 0 Å². The van der Waals surface area contributed by atoms with Crippen molar-refractivity contribution in [1.29, 1.82) is 0 Å². The molecular weight excluding hydrogens is 795 g/mol. The molecule has 2 nitrogen and oxygen atoms in total. The van der Waals surface area contributed by atoms with Gasteiger partial charge in [-0.15, -0.1) is 69.1 Å². The van der Waals surface area contributed by atoms with Crippen molar-refractivity contribution < 1.29 is 60.5 Å². The van der Waals surface area contributed by atoms with Crippen LogP contribution in [-0.4, -0.2) is 14.2 Å². The number of benzene rings is 4. The van der Waals surface area contributed by atoms with Gasteiger partial charge in [-0.2, -0.15) is 12.1 Å². The van der Waals surface area contributed by atoms with Gasteiger partial charge in [-0.3, -0.25) is 0 Å². The van der Waals surface area contributed by atoms with Gasteiger partial charge in [0.25, 0.3) is 0 Å². The molecule has 0 spiro atoms. The number of rotatable bonds is 4. The number of methoxy groups -OCH3 is 2. The summed E-state index contributed by atoms with van der Waals surface area (Å²) in [4.78, 5) is 0. The van der Waals surface area contributed by atoms with E-state index in [9.17, 15) is 0 Å². The standard InChI is InChI=1S/2C25H31O.2ClH.Zr/c2*1-16-12-17-10-9-11-19(20(17)13-16)18-14-21(24(2,3)4)23(26-8)22(15-18)25(5,6)7;;;/h2*9-15H,1-8H3;2*1H;/q2*-1;;;+4/p-2. The molecule has 0 unspecified atom stereocenters. The number of hydrogen-bond acceptors (Lipinski definition) is 2. The number of ether oxygens (including phenoxy) is 2. The molecule has 0 aromatic heterocycles. The first-order valence-electron chi connectivity index (χ1n) is 18.8. The SMILES string of the molecule is COc1c(C(C)(C)C)cc(-c2cccc3[cH-]c(C)cc23)cc1C(C)(C)C.COc1c(C(C)(C)C)cc(-c2cccc3[cH-]c(C)cc23)cc1C(C)(C)C.[Cl-].[Cl-].[Zr+4]. The predicted molar refractivity (Wildman–Crippen MR) is 227 cm³/mol. The summed E-state index contributed by atoms with van der Waals surface area (Å²) in [6, 6.07) is 31.6. The van der Waals surface area contributed by atoms with Gasteiger partial charge >= 0.3 is 26.2 Å². The summed E-state index contributed by atoms with van der Waals surface area (Å²) in [5, 5.41) is 5.28. The van der Waals surface area contributed by atoms with Crippen LogP contribution in [0.25, 0.3) is 43.8 Å². The van der Waals surface area contributed by atoms with Gasteiger partial charge in [-0.05, 0) is 57.1 Å². The summed E-state index contributed by atoms with van der Waals surface area (Å²) in [6.07, 6.45) is 0. The van der Waals surface area contributed by atoms with E-state index in [2.05, 4.69) is 182 Å². The third-order valence-electron chi connectivity index (χ3n) is 10.2. The smallest absolute Gasteiger partial charge is 1.00 e. The van der Waals surface area contributed by atoms with Crippen molar-refractivity contribution in [3.05, 3.63) is 118 Å². The molecule has 6 aromatic carbocycles. The molecule has 0 saturated carbocycles. The van der Waals surface area contributed by atoms with E-state index in [4.69, 9.17) is 9.47 Å². The quantitative estimate of drug-likeness (QED) is 0.166. The molecule has 0 aliphatic rings. The number of halogens is 2. The Kier molecular flexibility index (Phi) is 15.6. The predicted octanol–water partition coefficient (Wildman–Crippen LogP) is 8.28. The molecule has 0 aliphatic carbocycles. The Morgan fingerprint density at radius 1 is 0.436 bits per heavy atom. The van der Waals surface area contributed by atoms with Crippen molar-refractivity contribution in [2.45, 2.75) is 119 Å². The molecule has 5 heteroatoms. The molecule has 0 radical (unpaired) electrons. The van der Waals surface area contributed by atoms with E-state index in [1.54, 1.807) is 14.2 Å². The van der Waals surface area contributed by atoms with Crippen LogP contribution in [0.1, 0.15) is 116 Å². The summed E-state index contributed by atoms with van der Waals surface area (Å²) < 4.78 is 11.8. The normalized spacial score (nSPS) is 11.9. The molecule has 0 atom stereocenters. The van der Waals surface area contributed by atoms with Crippen LogP contribution in [0.15, 0.2) is 84.9 Å². The second kappa shape index (κ2) is 17.8. The van der Waals surface area contributed by atoms with Gasteiger partial charge in [-0.1, -0.05) is 120 Å². The molecule has 55 heavy (non-hydrogen) atoms. The van der Waals surface area contributed by atoms with E-state index in [0.717, 1.165) is 11.5 Å². The van der Waals surface area contributed by atoms with Gasteiger partial charge in [0.2, 0.25) is 0 Å². The first-order valence-corrected chi connectivity index (χ1v) is 18.8. The molecule has 0 N–H and O–H groups in total. The maximum atomic E-state index is 5.91. The summed E-state index contributed by atoms with van der Waals surface area (Å²) in [5.74, 6) is 2.05. The average Bonchev–Trinajstić information content (AvgIpc) is 3.62. The molecule has 0 saturated heterocycles. The van der Waals surface area contributed by atoms with Crippen LogP contribution in [0.2, 0.25) is 0 Å². The van der Waals surface area contributed by atoms with E-state index in [0.29, 0.717) is 0 Å². The van der Waals surface area contributed by atoms with E-state index in [1.807, 2.05) is 0 Å². The van der Waals surface area contributed by atoms with Crippen molar-refractivity contribution in [3.8, 4) is 33.8 Å². The van der Waals surface area contributed by atoms with E-state index in [-0.39, 0.29) is 72.7 Å². The van der Waals surface area contributed by atoms with Crippen LogP contribution in [0.3, 0.4) is 0 Å². The van der Waals surface area contributed by atoms with Gasteiger partial charge in [0, 0.05) is 22.3 Å². The second-order valence-corrected chi connectivity index (χ2v) is 18.9. The third-order valence-corrected chi connectivity index (χ3v) is 10.2. The third kappa shape index (κ3) is 10.4. The zero-order chi connectivity index (χ0) is 38.6. The van der Waals surface area contributed by atoms with Crippen LogP contribution in [-0.2, 0) is 47.9 Å². The van der Waals surface area contributed by atoms with Crippen molar-refractivity contribution in [1.82, 2.24) is 0 Å². The molecule has 6 aromatic rings. The maximum absolute atomic E-state index is 5.91. The van der Waals surface area contributed by atoms with Crippen molar-refractivity contribution in [2.24, 2.45) is 0 Å². The minimum atomic E-state index is 0. The molecule has 0 amide bonds. The minimum absolute atomic E-state index is 0. The van der Waals surface area contributed by atoms with Gasteiger partial charge < -0.3 is 34.3 Å². The van der Waals surface area contributed by atoms with Crippen LogP contribution in [0.4, 0.5) is 0 Å². The zero-order valence-electron chi connectivity index (χ0n) is 36.2. The number of hydrogen-bond donors (Lipinski definition) is 0. The largest absolute Gasteiger partial charge is 4.00 e. The second-order valence-electron chi connectivity index (χ2n) is 18.9. The summed E-state index contributed by atoms with van der Waals surface area (Å²) in [6.45, 7) is 31.4. The van der Waals surface area contributed by atoms with E-state index in [1.165, 1.54) is 77.2 Å². The fraction of sp³-hybridized carbons (Fsp3) is 0.400. The fourth-order valence-electron chi connectivity index (χ4n) is 7.51. The molecule has 0 heterocycles. The summed E-state index contributed by atoms with van der Waals surface area (Å²) >= 11 is 0. The maximum Gasteiger partial charge on any atom is 4.00 e. The van der Waals surface area contributed by atoms with Gasteiger partial charge in [0.1, 0.15) is 11.5 Å². The molecule has 0 bridgehead atoms. The van der Waals surface area contributed by atoms with Crippen molar-refractivity contribution >= 4 is 21.5 Å². The number of aryl methyl sites for hydroxylation is 2. The number of fused-ring (bicyclic) bond motifs is 2.